The van der Waals surface area contributed by atoms with Gasteiger partial charge in [0.1, 0.15) is 23.5 Å². The molecule has 5 N–H and O–H groups in total. The number of rotatable bonds is 20. The molecule has 0 aromatic rings. The predicted molar refractivity (Wildman–Crippen MR) is 230 cm³/mol. The summed E-state index contributed by atoms with van der Waals surface area (Å²) in [5.74, 6) is -1.72. The Morgan fingerprint density at radius 2 is 1.31 bits per heavy atom. The molecular weight excluding hydrogens is 1910 g/mol. The fraction of sp³-hybridized carbons (Fsp3) is 0.758. The molecule has 4 amide bonds. The molecule has 3 aliphatic rings. The number of carbonyl (C=O) groups excluding carboxylic acids is 4. The van der Waals surface area contributed by atoms with E-state index in [4.69, 9.17) is 73.3 Å². The topological polar surface area (TPSA) is 208 Å². The summed E-state index contributed by atoms with van der Waals surface area (Å²) in [6, 6.07) is -0.778. The normalized spacial score (nSPS) is 21.4. The minimum atomic E-state index is -3.25. The van der Waals surface area contributed by atoms with Crippen molar-refractivity contribution >= 4 is 84.2 Å². The summed E-state index contributed by atoms with van der Waals surface area (Å²) in [5.41, 5.74) is 5.45. The van der Waals surface area contributed by atoms with Crippen molar-refractivity contribution in [1.82, 2.24) is 20.4 Å². The first-order valence-corrected chi connectivity index (χ1v) is 29.8. The van der Waals surface area contributed by atoms with Gasteiger partial charge in [0, 0.05) is 210 Å². The fourth-order valence-corrected chi connectivity index (χ4v) is 5.78. The molecule has 0 aliphatic carbocycles. The molecule has 65 heavy (non-hydrogen) atoms. The Kier molecular flexibility index (Phi) is 79.5. The molecule has 0 aromatic carbocycles. The summed E-state index contributed by atoms with van der Waals surface area (Å²) in [7, 11) is 23.8. The third-order valence-electron chi connectivity index (χ3n) is 7.73. The van der Waals surface area contributed by atoms with E-state index >= 15 is 0 Å². The standard InChI is InChI=1S/C22H38B3N5O8P.C5H8BO2.C5H7BO.CH4.2HP.2U.2V.2W.2Y/c1-39(35,37-16-17-4-5-18(25)38-17)36-11-3-2-7-27-19(31)15-30(22(34)13-24)10-8-28-20(32)14-29(9-6-26)21(33)12-23;1-3-4(7)2-5(6)8-3;1-4-2-3-5(6)7-4;;;;;;;;;;;/h4,17-18H,2-3,5-16,26H2,1H3,(H,27,31)(H,28,32);3-5,7H,1-2H2;2,4-5H,1,3H2;1H4;2*1H;;;;;;;;/q2*-1;-2;;;;;;;;;;;. The van der Waals surface area contributed by atoms with Crippen LogP contribution in [0.3, 0.4) is 0 Å². The third kappa shape index (κ3) is 49.0. The first-order chi connectivity index (χ1) is 27.5. The number of unbranched alkanes of at least 4 members (excludes halogenated alkanes) is 1. The quantitative estimate of drug-likeness (QED) is 0.0538. The maximum Gasteiger partial charge on any atom is 0 e. The number of nitrogens with zero attached hydrogens (tertiary/aromatic N) is 2. The van der Waals surface area contributed by atoms with Crippen molar-refractivity contribution in [2.75, 3.05) is 65.7 Å². The van der Waals surface area contributed by atoms with E-state index in [-0.39, 0.29) is 274 Å². The summed E-state index contributed by atoms with van der Waals surface area (Å²) in [6.45, 7) is 15.2. The van der Waals surface area contributed by atoms with Crippen molar-refractivity contribution in [3.05, 3.63) is 26.7 Å². The van der Waals surface area contributed by atoms with Crippen LogP contribution < -0.4 is 16.4 Å². The van der Waals surface area contributed by atoms with Gasteiger partial charge in [-0.15, -0.1) is 0 Å². The Morgan fingerprint density at radius 1 is 0.831 bits per heavy atom. The molecule has 14 radical (unpaired) electrons. The van der Waals surface area contributed by atoms with Crippen molar-refractivity contribution in [2.45, 2.75) is 94.6 Å². The van der Waals surface area contributed by atoms with Gasteiger partial charge in [0.05, 0.1) is 48.1 Å². The third-order valence-corrected chi connectivity index (χ3v) is 9.00. The molecule has 3 fully saturated rings. The number of carbonyl (C=O) groups is 4. The summed E-state index contributed by atoms with van der Waals surface area (Å²) >= 11 is 2.78. The van der Waals surface area contributed by atoms with Gasteiger partial charge in [-0.05, 0) is 56.1 Å². The van der Waals surface area contributed by atoms with Crippen molar-refractivity contribution in [1.29, 1.82) is 0 Å². The molecule has 0 saturated carbocycles. The number of nitrogens with two attached hydrogens (primary N) is 1. The Morgan fingerprint density at radius 3 is 1.66 bits per heavy atom. The van der Waals surface area contributed by atoms with Gasteiger partial charge >= 0.3 is 59.0 Å². The van der Waals surface area contributed by atoms with Gasteiger partial charge in [-0.3, -0.25) is 30.2 Å². The average Bonchev–Trinajstić information content (AvgIpc) is 3.89. The SMILES string of the molecule is C.[B]C1CC(O)C([CH2-])O1.[B]C1C[CH-]C([CH2-])O1.[B]CC(=O)N(CCN)CC(=O)NCCN(CC(=O)NCCCCOP(C)(=O)OCC1[CH-]CC([B])O1)C(=O)C[B].[PH]=[W].[PH]=[W].[U].[U].[V].[V].[Y].[Y]. The van der Waals surface area contributed by atoms with Crippen molar-refractivity contribution in [3.8, 4) is 0 Å². The monoisotopic (exact) mass is 1970 g/mol. The molecule has 16 nitrogen and oxygen atoms in total. The molecule has 0 aromatic heterocycles. The van der Waals surface area contributed by atoms with E-state index < -0.39 is 37.3 Å². The van der Waals surface area contributed by atoms with Gasteiger partial charge in [0.2, 0.25) is 23.6 Å². The fourth-order valence-electron chi connectivity index (χ4n) is 4.83. The van der Waals surface area contributed by atoms with E-state index in [0.717, 1.165) is 6.42 Å². The molecule has 3 saturated heterocycles. The molecule has 0 spiro atoms. The van der Waals surface area contributed by atoms with Crippen molar-refractivity contribution in [3.63, 3.8) is 0 Å². The molecule has 8 unspecified atom stereocenters. The van der Waals surface area contributed by atoms with Crippen LogP contribution in [0.5, 0.6) is 0 Å². The molecule has 3 rings (SSSR count). The Bertz CT molecular complexity index is 1250. The second kappa shape index (κ2) is 57.3. The first kappa shape index (κ1) is 90.1. The van der Waals surface area contributed by atoms with E-state index in [1.54, 1.807) is 0 Å². The van der Waals surface area contributed by atoms with Gasteiger partial charge in [-0.25, -0.2) is 0 Å². The Hall–Kier alpha value is 5.61. The van der Waals surface area contributed by atoms with Gasteiger partial charge in [0.15, 0.2) is 0 Å². The maximum absolute atomic E-state index is 12.3. The zero-order valence-corrected chi connectivity index (χ0v) is 61.7. The number of aliphatic hydroxyl groups excluding tert-OH is 1. The molecule has 3 heterocycles. The molecule has 0 bridgehead atoms. The van der Waals surface area contributed by atoms with Crippen LogP contribution in [0.1, 0.15) is 39.5 Å². The molecule has 352 valence electrons. The predicted octanol–water partition coefficient (Wildman–Crippen LogP) is -0.286. The van der Waals surface area contributed by atoms with E-state index in [1.165, 1.54) is 54.1 Å². The minimum absolute atomic E-state index is 0. The molecule has 32 heteroatoms. The van der Waals surface area contributed by atoms with Crippen LogP contribution in [0.2, 0.25) is 12.6 Å². The number of hydrogen-bond acceptors (Lipinski definition) is 12. The Balaban J connectivity index is -0.000000143. The van der Waals surface area contributed by atoms with Crippen molar-refractivity contribution in [2.24, 2.45) is 5.73 Å². The van der Waals surface area contributed by atoms with E-state index in [1.807, 2.05) is 12.8 Å². The van der Waals surface area contributed by atoms with Crippen LogP contribution in [-0.4, -0.2) is 186 Å². The van der Waals surface area contributed by atoms with Gasteiger partial charge in [-0.2, -0.15) is 18.9 Å². The molecule has 8 atom stereocenters. The average molecular weight is 1970 g/mol. The van der Waals surface area contributed by atoms with Crippen LogP contribution in [0, 0.1) is 88.9 Å². The molecular formula is C33H59B5N5O11P3U2V2W2Y2-4. The van der Waals surface area contributed by atoms with Gasteiger partial charge in [-0.1, -0.05) is 7.43 Å². The van der Waals surface area contributed by atoms with Crippen LogP contribution in [-0.2, 0) is 187 Å². The van der Waals surface area contributed by atoms with Crippen LogP contribution in [0.4, 0.5) is 0 Å². The second-order valence-electron chi connectivity index (χ2n) is 12.5. The number of ether oxygens (including phenoxy) is 3. The largest absolute Gasteiger partial charge is 0 e. The zero-order chi connectivity index (χ0) is 44.7. The number of hydrogen-bond donors (Lipinski definition) is 4. The van der Waals surface area contributed by atoms with Crippen LogP contribution in [0.25, 0.3) is 0 Å². The number of nitrogens with one attached hydrogen (secondary N) is 2. The van der Waals surface area contributed by atoms with Crippen molar-refractivity contribution < 1.29 is 254 Å². The van der Waals surface area contributed by atoms with Crippen LogP contribution in [0.15, 0.2) is 0 Å². The maximum atomic E-state index is 12.3. The first-order valence-electron chi connectivity index (χ1n) is 18.2. The summed E-state index contributed by atoms with van der Waals surface area (Å²) < 4.78 is 38.2. The van der Waals surface area contributed by atoms with Gasteiger partial charge < -0.3 is 74.8 Å². The zero-order valence-electron chi connectivity index (χ0n) is 36.1. The summed E-state index contributed by atoms with van der Waals surface area (Å²) in [6.07, 6.45) is 5.21. The minimum Gasteiger partial charge on any atom is 0 e. The smallest absolute Gasteiger partial charge is 0 e. The Labute approximate surface area is 543 Å². The van der Waals surface area contributed by atoms with E-state index in [9.17, 15) is 23.7 Å². The summed E-state index contributed by atoms with van der Waals surface area (Å²) in [5, 5.41) is 14.2. The van der Waals surface area contributed by atoms with E-state index in [2.05, 4.69) is 38.2 Å². The molecule has 3 aliphatic heterocycles. The van der Waals surface area contributed by atoms with Gasteiger partial charge in [0.25, 0.3) is 0 Å². The second-order valence-corrected chi connectivity index (χ2v) is 14.6. The van der Waals surface area contributed by atoms with Crippen LogP contribution >= 0.6 is 21.3 Å². The number of aliphatic hydroxyl groups is 1. The summed E-state index contributed by atoms with van der Waals surface area (Å²) in [4.78, 5) is 50.8. The number of amides is 4. The van der Waals surface area contributed by atoms with E-state index in [0.29, 0.717) is 32.2 Å².